The highest BCUT2D eigenvalue weighted by Crippen LogP contribution is 2.13. The molecule has 3 heteroatoms. The van der Waals surface area contributed by atoms with Crippen molar-refractivity contribution in [3.63, 3.8) is 0 Å². The molecule has 0 saturated heterocycles. The molecule has 0 radical (unpaired) electrons. The number of nitrogens with one attached hydrogen (secondary N) is 1. The highest BCUT2D eigenvalue weighted by atomic mass is 16.1. The molecule has 0 spiro atoms. The van der Waals surface area contributed by atoms with Gasteiger partial charge in [-0.15, -0.1) is 0 Å². The molecule has 1 unspecified atom stereocenters. The van der Waals surface area contributed by atoms with Gasteiger partial charge < -0.3 is 10.2 Å². The molecule has 88 valence electrons. The molecule has 1 N–H and O–H groups in total. The van der Waals surface area contributed by atoms with Crippen LogP contribution in [0, 0.1) is 0 Å². The molecule has 0 fully saturated rings. The van der Waals surface area contributed by atoms with Gasteiger partial charge in [-0.1, -0.05) is 37.3 Å². The average Bonchev–Trinajstić information content (AvgIpc) is 2.28. The zero-order valence-electron chi connectivity index (χ0n) is 10.2. The van der Waals surface area contributed by atoms with Crippen LogP contribution in [-0.4, -0.2) is 31.4 Å². The smallest absolute Gasteiger partial charge is 0.220 e. The monoisotopic (exact) mass is 220 g/mol. The van der Waals surface area contributed by atoms with Crippen molar-refractivity contribution < 1.29 is 4.79 Å². The summed E-state index contributed by atoms with van der Waals surface area (Å²) in [4.78, 5) is 13.5. The van der Waals surface area contributed by atoms with Gasteiger partial charge in [-0.2, -0.15) is 0 Å². The van der Waals surface area contributed by atoms with Gasteiger partial charge in [0.15, 0.2) is 0 Å². The van der Waals surface area contributed by atoms with Crippen molar-refractivity contribution in [3.05, 3.63) is 35.9 Å². The van der Waals surface area contributed by atoms with Crippen LogP contribution < -0.4 is 5.32 Å². The third-order valence-electron chi connectivity index (χ3n) is 2.41. The van der Waals surface area contributed by atoms with E-state index in [4.69, 9.17) is 0 Å². The van der Waals surface area contributed by atoms with E-state index in [0.29, 0.717) is 6.42 Å². The number of rotatable bonds is 5. The first-order valence-corrected chi connectivity index (χ1v) is 5.62. The lowest BCUT2D eigenvalue weighted by Crippen LogP contribution is -2.34. The Bertz CT molecular complexity index is 322. The Kier molecular flexibility index (Phi) is 4.99. The summed E-state index contributed by atoms with van der Waals surface area (Å²) in [6, 6.07) is 10.1. The summed E-state index contributed by atoms with van der Waals surface area (Å²) in [6.07, 6.45) is 0.525. The van der Waals surface area contributed by atoms with Crippen LogP contribution in [-0.2, 0) is 4.79 Å². The predicted octanol–water partition coefficient (Wildman–Crippen LogP) is 1.82. The lowest BCUT2D eigenvalue weighted by atomic mass is 10.1. The van der Waals surface area contributed by atoms with Gasteiger partial charge in [-0.3, -0.25) is 4.79 Å². The number of benzene rings is 1. The fourth-order valence-corrected chi connectivity index (χ4v) is 1.58. The Labute approximate surface area is 97.5 Å². The standard InChI is InChI=1S/C13H20N2O/c1-4-13(16)14-12(10-15(2)3)11-8-6-5-7-9-11/h5-9,12H,4,10H2,1-3H3,(H,14,16). The van der Waals surface area contributed by atoms with Crippen molar-refractivity contribution in [2.24, 2.45) is 0 Å². The molecule has 1 aromatic carbocycles. The number of hydrogen-bond donors (Lipinski definition) is 1. The minimum atomic E-state index is 0.0728. The topological polar surface area (TPSA) is 32.3 Å². The fourth-order valence-electron chi connectivity index (χ4n) is 1.58. The molecule has 1 atom stereocenters. The van der Waals surface area contributed by atoms with Gasteiger partial charge in [0, 0.05) is 13.0 Å². The second-order valence-corrected chi connectivity index (χ2v) is 4.15. The number of nitrogens with zero attached hydrogens (tertiary/aromatic N) is 1. The molecule has 0 aromatic heterocycles. The van der Waals surface area contributed by atoms with Crippen molar-refractivity contribution in [1.82, 2.24) is 10.2 Å². The molecule has 3 nitrogen and oxygen atoms in total. The molecular weight excluding hydrogens is 200 g/mol. The van der Waals surface area contributed by atoms with Gasteiger partial charge in [-0.05, 0) is 19.7 Å². The Morgan fingerprint density at radius 2 is 1.94 bits per heavy atom. The molecule has 0 saturated carbocycles. The molecule has 1 rings (SSSR count). The van der Waals surface area contributed by atoms with Crippen molar-refractivity contribution in [3.8, 4) is 0 Å². The first-order valence-electron chi connectivity index (χ1n) is 5.62. The number of likely N-dealkylation sites (N-methyl/N-ethyl adjacent to an activating group) is 1. The summed E-state index contributed by atoms with van der Waals surface area (Å²) in [5.41, 5.74) is 1.15. The third-order valence-corrected chi connectivity index (χ3v) is 2.41. The number of amides is 1. The number of carbonyl (C=O) groups is 1. The molecule has 1 aromatic rings. The molecule has 0 bridgehead atoms. The van der Waals surface area contributed by atoms with Gasteiger partial charge in [0.1, 0.15) is 0 Å². The minimum absolute atomic E-state index is 0.0728. The van der Waals surface area contributed by atoms with Crippen LogP contribution in [0.15, 0.2) is 30.3 Å². The molecule has 0 aliphatic heterocycles. The first-order chi connectivity index (χ1) is 7.63. The molecule has 0 aliphatic rings. The Hall–Kier alpha value is -1.35. The lowest BCUT2D eigenvalue weighted by molar-refractivity contribution is -0.121. The van der Waals surface area contributed by atoms with Crippen LogP contribution >= 0.6 is 0 Å². The van der Waals surface area contributed by atoms with Crippen molar-refractivity contribution in [1.29, 1.82) is 0 Å². The summed E-state index contributed by atoms with van der Waals surface area (Å²) in [5.74, 6) is 0.0932. The quantitative estimate of drug-likeness (QED) is 0.821. The maximum Gasteiger partial charge on any atom is 0.220 e. The number of carbonyl (C=O) groups excluding carboxylic acids is 1. The van der Waals surface area contributed by atoms with E-state index in [1.165, 1.54) is 0 Å². The van der Waals surface area contributed by atoms with E-state index in [1.54, 1.807) is 0 Å². The first kappa shape index (κ1) is 12.7. The van der Waals surface area contributed by atoms with E-state index < -0.39 is 0 Å². The van der Waals surface area contributed by atoms with Crippen molar-refractivity contribution in [2.45, 2.75) is 19.4 Å². The van der Waals surface area contributed by atoms with Gasteiger partial charge >= 0.3 is 0 Å². The average molecular weight is 220 g/mol. The SMILES string of the molecule is CCC(=O)NC(CN(C)C)c1ccccc1. The maximum absolute atomic E-state index is 11.4. The summed E-state index contributed by atoms with van der Waals surface area (Å²) in [5, 5.41) is 3.03. The van der Waals surface area contributed by atoms with Gasteiger partial charge in [0.05, 0.1) is 6.04 Å². The van der Waals surface area contributed by atoms with E-state index in [2.05, 4.69) is 10.2 Å². The molecule has 0 heterocycles. The second-order valence-electron chi connectivity index (χ2n) is 4.15. The molecule has 0 aliphatic carbocycles. The highest BCUT2D eigenvalue weighted by Gasteiger charge is 2.13. The van der Waals surface area contributed by atoms with E-state index >= 15 is 0 Å². The Morgan fingerprint density at radius 3 is 2.44 bits per heavy atom. The van der Waals surface area contributed by atoms with Crippen LogP contribution in [0.3, 0.4) is 0 Å². The molecular formula is C13H20N2O. The largest absolute Gasteiger partial charge is 0.348 e. The third kappa shape index (κ3) is 4.03. The second kappa shape index (κ2) is 6.28. The van der Waals surface area contributed by atoms with Crippen LogP contribution in [0.25, 0.3) is 0 Å². The zero-order valence-corrected chi connectivity index (χ0v) is 10.2. The van der Waals surface area contributed by atoms with Gasteiger partial charge in [-0.25, -0.2) is 0 Å². The van der Waals surface area contributed by atoms with Crippen LogP contribution in [0.2, 0.25) is 0 Å². The summed E-state index contributed by atoms with van der Waals surface area (Å²) >= 11 is 0. The Balaban J connectivity index is 2.75. The van der Waals surface area contributed by atoms with E-state index in [-0.39, 0.29) is 11.9 Å². The maximum atomic E-state index is 11.4. The van der Waals surface area contributed by atoms with Crippen molar-refractivity contribution >= 4 is 5.91 Å². The van der Waals surface area contributed by atoms with E-state index in [0.717, 1.165) is 12.1 Å². The van der Waals surface area contributed by atoms with Crippen molar-refractivity contribution in [2.75, 3.05) is 20.6 Å². The van der Waals surface area contributed by atoms with Crippen LogP contribution in [0.1, 0.15) is 24.9 Å². The van der Waals surface area contributed by atoms with E-state index in [1.807, 2.05) is 51.4 Å². The summed E-state index contributed by atoms with van der Waals surface area (Å²) < 4.78 is 0. The summed E-state index contributed by atoms with van der Waals surface area (Å²) in [6.45, 7) is 2.68. The minimum Gasteiger partial charge on any atom is -0.348 e. The molecule has 1 amide bonds. The normalized spacial score (nSPS) is 12.5. The van der Waals surface area contributed by atoms with Gasteiger partial charge in [0.25, 0.3) is 0 Å². The zero-order chi connectivity index (χ0) is 12.0. The van der Waals surface area contributed by atoms with Gasteiger partial charge in [0.2, 0.25) is 5.91 Å². The predicted molar refractivity (Wildman–Crippen MR) is 66.2 cm³/mol. The molecule has 16 heavy (non-hydrogen) atoms. The Morgan fingerprint density at radius 1 is 1.31 bits per heavy atom. The van der Waals surface area contributed by atoms with E-state index in [9.17, 15) is 4.79 Å². The fraction of sp³-hybridized carbons (Fsp3) is 0.462. The number of hydrogen-bond acceptors (Lipinski definition) is 2. The lowest BCUT2D eigenvalue weighted by Gasteiger charge is -2.22. The van der Waals surface area contributed by atoms with Crippen LogP contribution in [0.5, 0.6) is 0 Å². The highest BCUT2D eigenvalue weighted by molar-refractivity contribution is 5.76. The summed E-state index contributed by atoms with van der Waals surface area (Å²) in [7, 11) is 4.02. The van der Waals surface area contributed by atoms with Crippen LogP contribution in [0.4, 0.5) is 0 Å².